The molecule has 1 aromatic heterocycles. The van der Waals surface area contributed by atoms with Gasteiger partial charge in [-0.2, -0.15) is 0 Å². The van der Waals surface area contributed by atoms with Crippen LogP contribution in [0.2, 0.25) is 0 Å². The lowest BCUT2D eigenvalue weighted by atomic mass is 10.3. The average Bonchev–Trinajstić information content (AvgIpc) is 1.95. The van der Waals surface area contributed by atoms with Crippen LogP contribution in [0.5, 0.6) is 0 Å². The molecule has 0 radical (unpaired) electrons. The van der Waals surface area contributed by atoms with E-state index in [0.29, 0.717) is 0 Å². The van der Waals surface area contributed by atoms with Crippen LogP contribution in [0, 0.1) is 6.92 Å². The van der Waals surface area contributed by atoms with E-state index in [0.717, 1.165) is 16.4 Å². The van der Waals surface area contributed by atoms with Gasteiger partial charge in [-0.3, -0.25) is 0 Å². The fourth-order valence-corrected chi connectivity index (χ4v) is 1.09. The van der Waals surface area contributed by atoms with Gasteiger partial charge in [0.2, 0.25) is 0 Å². The van der Waals surface area contributed by atoms with Crippen molar-refractivity contribution in [3.63, 3.8) is 0 Å². The molecule has 0 saturated heterocycles. The molecule has 0 aromatic carbocycles. The van der Waals surface area contributed by atoms with E-state index in [4.69, 9.17) is 5.73 Å². The standard InChI is InChI=1S/C7H10N2S/c1-5-6(8)3-4-7(9-5)10-2/h3-4H,8H2,1-2H3. The van der Waals surface area contributed by atoms with Crippen LogP contribution < -0.4 is 5.73 Å². The van der Waals surface area contributed by atoms with Crippen LogP contribution >= 0.6 is 11.8 Å². The first-order valence-electron chi connectivity index (χ1n) is 3.01. The van der Waals surface area contributed by atoms with Crippen molar-refractivity contribution in [2.45, 2.75) is 11.9 Å². The zero-order valence-corrected chi connectivity index (χ0v) is 6.90. The van der Waals surface area contributed by atoms with Gasteiger partial charge in [-0.25, -0.2) is 4.98 Å². The summed E-state index contributed by atoms with van der Waals surface area (Å²) in [6.45, 7) is 1.91. The maximum Gasteiger partial charge on any atom is 0.0961 e. The van der Waals surface area contributed by atoms with Gasteiger partial charge in [-0.15, -0.1) is 11.8 Å². The van der Waals surface area contributed by atoms with Gasteiger partial charge in [0.05, 0.1) is 16.4 Å². The molecule has 3 heteroatoms. The molecule has 1 rings (SSSR count). The second-order valence-corrected chi connectivity index (χ2v) is 2.85. The van der Waals surface area contributed by atoms with Crippen molar-refractivity contribution in [3.05, 3.63) is 17.8 Å². The van der Waals surface area contributed by atoms with Gasteiger partial charge >= 0.3 is 0 Å². The molecule has 0 atom stereocenters. The fourth-order valence-electron chi connectivity index (χ4n) is 0.662. The van der Waals surface area contributed by atoms with E-state index in [1.165, 1.54) is 0 Å². The molecule has 10 heavy (non-hydrogen) atoms. The van der Waals surface area contributed by atoms with E-state index in [1.807, 2.05) is 25.3 Å². The van der Waals surface area contributed by atoms with Crippen LogP contribution in [0.3, 0.4) is 0 Å². The SMILES string of the molecule is CSc1ccc(N)c(C)n1. The highest BCUT2D eigenvalue weighted by molar-refractivity contribution is 7.98. The van der Waals surface area contributed by atoms with Gasteiger partial charge in [-0.1, -0.05) is 0 Å². The number of aryl methyl sites for hydroxylation is 1. The van der Waals surface area contributed by atoms with Gasteiger partial charge in [0.1, 0.15) is 0 Å². The maximum absolute atomic E-state index is 5.57. The van der Waals surface area contributed by atoms with Gasteiger partial charge < -0.3 is 5.73 Å². The topological polar surface area (TPSA) is 38.9 Å². The Morgan fingerprint density at radius 2 is 2.20 bits per heavy atom. The molecule has 0 fully saturated rings. The molecule has 0 bridgehead atoms. The first-order chi connectivity index (χ1) is 4.74. The molecule has 54 valence electrons. The number of nitrogen functional groups attached to an aromatic ring is 1. The van der Waals surface area contributed by atoms with E-state index >= 15 is 0 Å². The highest BCUT2D eigenvalue weighted by Crippen LogP contribution is 2.15. The van der Waals surface area contributed by atoms with E-state index in [2.05, 4.69) is 4.98 Å². The summed E-state index contributed by atoms with van der Waals surface area (Å²) in [5, 5.41) is 1.02. The molecule has 0 aliphatic rings. The molecule has 1 heterocycles. The summed E-state index contributed by atoms with van der Waals surface area (Å²) in [6, 6.07) is 3.81. The highest BCUT2D eigenvalue weighted by Gasteiger charge is 1.94. The summed E-state index contributed by atoms with van der Waals surface area (Å²) in [4.78, 5) is 4.23. The van der Waals surface area contributed by atoms with Gasteiger partial charge in [0.15, 0.2) is 0 Å². The molecular formula is C7H10N2S. The molecule has 0 aliphatic carbocycles. The minimum Gasteiger partial charge on any atom is -0.397 e. The van der Waals surface area contributed by atoms with Crippen LogP contribution in [-0.2, 0) is 0 Å². The number of nitrogens with zero attached hydrogens (tertiary/aromatic N) is 1. The van der Waals surface area contributed by atoms with E-state index < -0.39 is 0 Å². The van der Waals surface area contributed by atoms with Crippen LogP contribution in [0.4, 0.5) is 5.69 Å². The van der Waals surface area contributed by atoms with Gasteiger partial charge in [0.25, 0.3) is 0 Å². The third kappa shape index (κ3) is 1.42. The number of aromatic nitrogens is 1. The minimum absolute atomic E-state index is 0.762. The number of pyridine rings is 1. The Morgan fingerprint density at radius 3 is 2.70 bits per heavy atom. The van der Waals surface area contributed by atoms with Crippen LogP contribution in [0.25, 0.3) is 0 Å². The predicted octanol–water partition coefficient (Wildman–Crippen LogP) is 1.69. The second kappa shape index (κ2) is 2.92. The van der Waals surface area contributed by atoms with Crippen molar-refractivity contribution in [3.8, 4) is 0 Å². The smallest absolute Gasteiger partial charge is 0.0961 e. The summed E-state index contributed by atoms with van der Waals surface area (Å²) < 4.78 is 0. The Kier molecular flexibility index (Phi) is 2.17. The van der Waals surface area contributed by atoms with E-state index in [9.17, 15) is 0 Å². The summed E-state index contributed by atoms with van der Waals surface area (Å²) >= 11 is 1.62. The molecule has 0 amide bonds. The summed E-state index contributed by atoms with van der Waals surface area (Å²) in [5.74, 6) is 0. The number of thioether (sulfide) groups is 1. The number of hydrogen-bond donors (Lipinski definition) is 1. The summed E-state index contributed by atoms with van der Waals surface area (Å²) in [6.07, 6.45) is 2.00. The summed E-state index contributed by atoms with van der Waals surface area (Å²) in [5.41, 5.74) is 7.24. The Hall–Kier alpha value is -0.700. The van der Waals surface area contributed by atoms with Crippen molar-refractivity contribution in [2.24, 2.45) is 0 Å². The number of hydrogen-bond acceptors (Lipinski definition) is 3. The Labute approximate surface area is 64.8 Å². The van der Waals surface area contributed by atoms with E-state index in [1.54, 1.807) is 11.8 Å². The minimum atomic E-state index is 0.762. The first-order valence-corrected chi connectivity index (χ1v) is 4.23. The zero-order valence-electron chi connectivity index (χ0n) is 6.09. The lowest BCUT2D eigenvalue weighted by Crippen LogP contribution is -1.92. The Morgan fingerprint density at radius 1 is 1.50 bits per heavy atom. The van der Waals surface area contributed by atoms with Gasteiger partial charge in [-0.05, 0) is 25.3 Å². The molecular weight excluding hydrogens is 144 g/mol. The van der Waals surface area contributed by atoms with Gasteiger partial charge in [0, 0.05) is 0 Å². The van der Waals surface area contributed by atoms with Crippen molar-refractivity contribution in [1.29, 1.82) is 0 Å². The molecule has 1 aromatic rings. The molecule has 0 aliphatic heterocycles. The van der Waals surface area contributed by atoms with Crippen molar-refractivity contribution in [2.75, 3.05) is 12.0 Å². The van der Waals surface area contributed by atoms with Crippen molar-refractivity contribution >= 4 is 17.4 Å². The number of rotatable bonds is 1. The predicted molar refractivity (Wildman–Crippen MR) is 45.2 cm³/mol. The zero-order chi connectivity index (χ0) is 7.56. The third-order valence-corrected chi connectivity index (χ3v) is 1.96. The fraction of sp³-hybridized carbons (Fsp3) is 0.286. The van der Waals surface area contributed by atoms with Crippen LogP contribution in [-0.4, -0.2) is 11.2 Å². The third-order valence-electron chi connectivity index (χ3n) is 1.31. The Balaban J connectivity index is 3.04. The lowest BCUT2D eigenvalue weighted by Gasteiger charge is -1.99. The van der Waals surface area contributed by atoms with Crippen LogP contribution in [0.1, 0.15) is 5.69 Å². The Bertz CT molecular complexity index is 235. The second-order valence-electron chi connectivity index (χ2n) is 2.03. The normalized spacial score (nSPS) is 9.80. The molecule has 2 nitrogen and oxygen atoms in total. The number of nitrogens with two attached hydrogens (primary N) is 1. The molecule has 2 N–H and O–H groups in total. The first kappa shape index (κ1) is 7.41. The highest BCUT2D eigenvalue weighted by atomic mass is 32.2. The molecule has 0 spiro atoms. The van der Waals surface area contributed by atoms with Crippen molar-refractivity contribution in [1.82, 2.24) is 4.98 Å². The maximum atomic E-state index is 5.57. The van der Waals surface area contributed by atoms with E-state index in [-0.39, 0.29) is 0 Å². The van der Waals surface area contributed by atoms with Crippen molar-refractivity contribution < 1.29 is 0 Å². The average molecular weight is 154 g/mol. The monoisotopic (exact) mass is 154 g/mol. The molecule has 0 saturated carbocycles. The van der Waals surface area contributed by atoms with Crippen LogP contribution in [0.15, 0.2) is 17.2 Å². The largest absolute Gasteiger partial charge is 0.397 e. The summed E-state index contributed by atoms with van der Waals surface area (Å²) in [7, 11) is 0. The quantitative estimate of drug-likeness (QED) is 0.626. The molecule has 0 unspecified atom stereocenters. The lowest BCUT2D eigenvalue weighted by molar-refractivity contribution is 1.07. The number of anilines is 1.